The van der Waals surface area contributed by atoms with Crippen LogP contribution in [0, 0.1) is 5.92 Å². The Bertz CT molecular complexity index is 683. The zero-order valence-corrected chi connectivity index (χ0v) is 15.2. The summed E-state index contributed by atoms with van der Waals surface area (Å²) in [5.74, 6) is 1.03. The number of furan rings is 1. The third-order valence-corrected chi connectivity index (χ3v) is 3.35. The van der Waals surface area contributed by atoms with E-state index in [1.807, 2.05) is 24.3 Å². The van der Waals surface area contributed by atoms with E-state index in [1.54, 1.807) is 12.1 Å². The van der Waals surface area contributed by atoms with E-state index in [9.17, 15) is 4.79 Å². The molecule has 0 aliphatic rings. The summed E-state index contributed by atoms with van der Waals surface area (Å²) in [5.41, 5.74) is 0.757. The minimum Gasteiger partial charge on any atom is -0.493 e. The van der Waals surface area contributed by atoms with Crippen LogP contribution in [0.1, 0.15) is 24.4 Å². The number of ether oxygens (including phenoxy) is 1. The number of amides is 1. The Kier molecular flexibility index (Phi) is 6.18. The summed E-state index contributed by atoms with van der Waals surface area (Å²) in [6.07, 6.45) is 0. The molecule has 1 aromatic heterocycles. The van der Waals surface area contributed by atoms with Crippen molar-refractivity contribution in [1.82, 2.24) is 5.32 Å². The van der Waals surface area contributed by atoms with Gasteiger partial charge in [-0.25, -0.2) is 0 Å². The first-order chi connectivity index (χ1) is 10.9. The fraction of sp³-hybridized carbons (Fsp3) is 0.250. The maximum absolute atomic E-state index is 11.9. The number of hydrogen-bond acceptors (Lipinski definition) is 4. The fourth-order valence-corrected chi connectivity index (χ4v) is 2.18. The van der Waals surface area contributed by atoms with Crippen molar-refractivity contribution in [3.05, 3.63) is 46.8 Å². The highest BCUT2D eigenvalue weighted by Crippen LogP contribution is 2.17. The van der Waals surface area contributed by atoms with E-state index in [-0.39, 0.29) is 10.9 Å². The summed E-state index contributed by atoms with van der Waals surface area (Å²) in [4.78, 5) is 11.9. The van der Waals surface area contributed by atoms with Crippen LogP contribution in [0.15, 0.2) is 45.5 Å². The van der Waals surface area contributed by atoms with Crippen molar-refractivity contribution in [2.45, 2.75) is 13.8 Å². The Balaban J connectivity index is 1.86. The summed E-state index contributed by atoms with van der Waals surface area (Å²) >= 11 is 8.25. The average molecular weight is 397 g/mol. The van der Waals surface area contributed by atoms with Crippen LogP contribution in [-0.2, 0) is 0 Å². The van der Waals surface area contributed by atoms with Crippen LogP contribution in [0.4, 0.5) is 5.69 Å². The minimum absolute atomic E-state index is 0.179. The van der Waals surface area contributed by atoms with Crippen molar-refractivity contribution < 1.29 is 13.9 Å². The molecule has 0 saturated heterocycles. The van der Waals surface area contributed by atoms with Gasteiger partial charge in [-0.3, -0.25) is 10.1 Å². The van der Waals surface area contributed by atoms with Crippen molar-refractivity contribution in [2.24, 2.45) is 5.92 Å². The zero-order valence-electron chi connectivity index (χ0n) is 12.8. The van der Waals surface area contributed by atoms with Gasteiger partial charge in [0.2, 0.25) is 0 Å². The molecule has 2 rings (SSSR count). The maximum atomic E-state index is 11.9. The van der Waals surface area contributed by atoms with Gasteiger partial charge in [0, 0.05) is 5.69 Å². The Labute approximate surface area is 148 Å². The summed E-state index contributed by atoms with van der Waals surface area (Å²) in [6.45, 7) is 4.85. The van der Waals surface area contributed by atoms with Crippen LogP contribution < -0.4 is 15.4 Å². The van der Waals surface area contributed by atoms with Gasteiger partial charge < -0.3 is 14.5 Å². The molecule has 23 heavy (non-hydrogen) atoms. The van der Waals surface area contributed by atoms with Crippen LogP contribution in [0.5, 0.6) is 5.75 Å². The first kappa shape index (κ1) is 17.5. The molecule has 0 saturated carbocycles. The van der Waals surface area contributed by atoms with E-state index in [4.69, 9.17) is 21.4 Å². The van der Waals surface area contributed by atoms with Gasteiger partial charge in [0.05, 0.1) is 6.61 Å². The van der Waals surface area contributed by atoms with Gasteiger partial charge in [-0.2, -0.15) is 0 Å². The standard InChI is InChI=1S/C16H17BrN2O3S/c1-10(2)9-21-12-5-3-11(4-6-12)18-16(23)19-15(20)13-7-8-14(17)22-13/h3-8,10H,9H2,1-2H3,(H2,18,19,20,23). The molecule has 0 radical (unpaired) electrons. The number of halogens is 1. The number of thiocarbonyl (C=S) groups is 1. The summed E-state index contributed by atoms with van der Waals surface area (Å²) in [7, 11) is 0. The van der Waals surface area contributed by atoms with Crippen LogP contribution >= 0.6 is 28.1 Å². The van der Waals surface area contributed by atoms with Gasteiger partial charge >= 0.3 is 0 Å². The molecule has 0 unspecified atom stereocenters. The molecule has 1 amide bonds. The van der Waals surface area contributed by atoms with Gasteiger partial charge in [0.25, 0.3) is 5.91 Å². The second kappa shape index (κ2) is 8.12. The molecule has 0 bridgehead atoms. The van der Waals surface area contributed by atoms with E-state index in [0.29, 0.717) is 17.2 Å². The lowest BCUT2D eigenvalue weighted by Gasteiger charge is -2.11. The number of nitrogens with one attached hydrogen (secondary N) is 2. The van der Waals surface area contributed by atoms with Gasteiger partial charge in [-0.1, -0.05) is 13.8 Å². The third-order valence-electron chi connectivity index (χ3n) is 2.72. The molecule has 2 aromatic rings. The fourth-order valence-electron chi connectivity index (χ4n) is 1.66. The molecule has 2 N–H and O–H groups in total. The molecular weight excluding hydrogens is 380 g/mol. The number of hydrogen-bond donors (Lipinski definition) is 2. The molecule has 0 aliphatic heterocycles. The SMILES string of the molecule is CC(C)COc1ccc(NC(=S)NC(=O)c2ccc(Br)o2)cc1. The number of benzene rings is 1. The van der Waals surface area contributed by atoms with Crippen molar-refractivity contribution in [2.75, 3.05) is 11.9 Å². The van der Waals surface area contributed by atoms with E-state index in [1.165, 1.54) is 0 Å². The zero-order chi connectivity index (χ0) is 16.8. The molecule has 5 nitrogen and oxygen atoms in total. The third kappa shape index (κ3) is 5.69. The molecule has 7 heteroatoms. The number of carbonyl (C=O) groups excluding carboxylic acids is 1. The molecule has 0 fully saturated rings. The van der Waals surface area contributed by atoms with Gasteiger partial charge in [0.15, 0.2) is 15.5 Å². The van der Waals surface area contributed by atoms with Crippen LogP contribution in [0.3, 0.4) is 0 Å². The Hall–Kier alpha value is -1.86. The number of anilines is 1. The highest BCUT2D eigenvalue weighted by atomic mass is 79.9. The minimum atomic E-state index is -0.412. The van der Waals surface area contributed by atoms with Crippen molar-refractivity contribution in [3.63, 3.8) is 0 Å². The van der Waals surface area contributed by atoms with Gasteiger partial charge in [0.1, 0.15) is 5.75 Å². The Morgan fingerprint density at radius 3 is 2.52 bits per heavy atom. The molecule has 0 atom stereocenters. The summed E-state index contributed by atoms with van der Waals surface area (Å²) < 4.78 is 11.2. The quantitative estimate of drug-likeness (QED) is 0.741. The molecular formula is C16H17BrN2O3S. The predicted octanol–water partition coefficient (Wildman–Crippen LogP) is 4.20. The number of rotatable bonds is 5. The second-order valence-electron chi connectivity index (χ2n) is 5.24. The first-order valence-corrected chi connectivity index (χ1v) is 8.24. The van der Waals surface area contributed by atoms with Crippen LogP contribution in [0.2, 0.25) is 0 Å². The van der Waals surface area contributed by atoms with E-state index < -0.39 is 5.91 Å². The first-order valence-electron chi connectivity index (χ1n) is 7.04. The van der Waals surface area contributed by atoms with Crippen molar-refractivity contribution >= 4 is 44.9 Å². The van der Waals surface area contributed by atoms with Crippen LogP contribution in [0.25, 0.3) is 0 Å². The van der Waals surface area contributed by atoms with Crippen molar-refractivity contribution in [1.29, 1.82) is 0 Å². The Morgan fingerprint density at radius 2 is 1.96 bits per heavy atom. The smallest absolute Gasteiger partial charge is 0.293 e. The van der Waals surface area contributed by atoms with Gasteiger partial charge in [-0.05, 0) is 70.5 Å². The monoisotopic (exact) mass is 396 g/mol. The highest BCUT2D eigenvalue weighted by Gasteiger charge is 2.12. The van der Waals surface area contributed by atoms with Crippen molar-refractivity contribution in [3.8, 4) is 5.75 Å². The van der Waals surface area contributed by atoms with E-state index in [2.05, 4.69) is 40.4 Å². The topological polar surface area (TPSA) is 63.5 Å². The van der Waals surface area contributed by atoms with Gasteiger partial charge in [-0.15, -0.1) is 0 Å². The average Bonchev–Trinajstić information content (AvgIpc) is 2.93. The highest BCUT2D eigenvalue weighted by molar-refractivity contribution is 9.10. The molecule has 1 heterocycles. The number of carbonyl (C=O) groups is 1. The lowest BCUT2D eigenvalue weighted by molar-refractivity contribution is 0.0949. The van der Waals surface area contributed by atoms with Crippen LogP contribution in [-0.4, -0.2) is 17.6 Å². The molecule has 122 valence electrons. The second-order valence-corrected chi connectivity index (χ2v) is 6.43. The maximum Gasteiger partial charge on any atom is 0.293 e. The Morgan fingerprint density at radius 1 is 1.26 bits per heavy atom. The summed E-state index contributed by atoms with van der Waals surface area (Å²) in [5, 5.41) is 5.67. The normalized spacial score (nSPS) is 10.4. The van der Waals surface area contributed by atoms with E-state index in [0.717, 1.165) is 11.4 Å². The lowest BCUT2D eigenvalue weighted by Crippen LogP contribution is -2.33. The molecule has 1 aromatic carbocycles. The van der Waals surface area contributed by atoms with E-state index >= 15 is 0 Å². The predicted molar refractivity (Wildman–Crippen MR) is 96.9 cm³/mol. The molecule has 0 spiro atoms. The largest absolute Gasteiger partial charge is 0.493 e. The lowest BCUT2D eigenvalue weighted by atomic mass is 10.2. The molecule has 0 aliphatic carbocycles. The summed E-state index contributed by atoms with van der Waals surface area (Å²) in [6, 6.07) is 10.6.